The Hall–Kier alpha value is -1.69. The van der Waals surface area contributed by atoms with Crippen LogP contribution < -0.4 is 15.4 Å². The molecule has 20 heavy (non-hydrogen) atoms. The fraction of sp³-hybridized carbons (Fsp3) is 0.500. The molecule has 1 saturated heterocycles. The molecule has 4 nitrogen and oxygen atoms in total. The van der Waals surface area contributed by atoms with Gasteiger partial charge in [-0.15, -0.1) is 0 Å². The van der Waals surface area contributed by atoms with Crippen LogP contribution in [0.2, 0.25) is 0 Å². The van der Waals surface area contributed by atoms with Crippen molar-refractivity contribution in [1.29, 1.82) is 0 Å². The van der Waals surface area contributed by atoms with Gasteiger partial charge in [-0.25, -0.2) is 8.78 Å². The minimum atomic E-state index is -0.836. The lowest BCUT2D eigenvalue weighted by molar-refractivity contribution is -0.127. The smallest absolute Gasteiger partial charge is 0.261 e. The minimum Gasteiger partial charge on any atom is -0.474 e. The van der Waals surface area contributed by atoms with Crippen LogP contribution in [0, 0.1) is 11.6 Å². The molecule has 1 amide bonds. The van der Waals surface area contributed by atoms with Crippen molar-refractivity contribution in [2.45, 2.75) is 31.9 Å². The van der Waals surface area contributed by atoms with Crippen molar-refractivity contribution in [3.05, 3.63) is 29.3 Å². The van der Waals surface area contributed by atoms with Crippen LogP contribution in [-0.2, 0) is 11.3 Å². The van der Waals surface area contributed by atoms with E-state index in [0.29, 0.717) is 25.1 Å². The quantitative estimate of drug-likeness (QED) is 0.885. The number of ether oxygens (including phenoxy) is 1. The first-order valence-electron chi connectivity index (χ1n) is 6.68. The van der Waals surface area contributed by atoms with E-state index >= 15 is 0 Å². The molecule has 1 atom stereocenters. The van der Waals surface area contributed by atoms with Crippen LogP contribution in [-0.4, -0.2) is 25.6 Å². The van der Waals surface area contributed by atoms with E-state index in [-0.39, 0.29) is 5.91 Å². The summed E-state index contributed by atoms with van der Waals surface area (Å²) in [5.41, 5.74) is 0.486. The summed E-state index contributed by atoms with van der Waals surface area (Å²) in [6, 6.07) is 2.42. The van der Waals surface area contributed by atoms with E-state index in [1.807, 2.05) is 0 Å². The third-order valence-corrected chi connectivity index (χ3v) is 3.18. The molecule has 2 rings (SSSR count). The molecule has 110 valence electrons. The van der Waals surface area contributed by atoms with Crippen molar-refractivity contribution in [2.24, 2.45) is 0 Å². The van der Waals surface area contributed by atoms with Crippen LogP contribution in [0.25, 0.3) is 0 Å². The van der Waals surface area contributed by atoms with Crippen LogP contribution >= 0.6 is 0 Å². The third kappa shape index (κ3) is 3.45. The monoisotopic (exact) mass is 284 g/mol. The molecule has 2 N–H and O–H groups in total. The number of hydrogen-bond donors (Lipinski definition) is 2. The van der Waals surface area contributed by atoms with Crippen LogP contribution in [0.15, 0.2) is 12.1 Å². The summed E-state index contributed by atoms with van der Waals surface area (Å²) in [6.07, 6.45) is 1.25. The average Bonchev–Trinajstić information content (AvgIpc) is 2.59. The average molecular weight is 284 g/mol. The second-order valence-corrected chi connectivity index (χ2v) is 4.81. The molecular weight excluding hydrogens is 266 g/mol. The molecule has 1 aromatic rings. The molecule has 0 saturated carbocycles. The molecule has 0 radical (unpaired) electrons. The Labute approximate surface area is 116 Å². The lowest BCUT2D eigenvalue weighted by atomic mass is 10.1. The van der Waals surface area contributed by atoms with Gasteiger partial charge in [0, 0.05) is 13.1 Å². The van der Waals surface area contributed by atoms with Gasteiger partial charge in [0.1, 0.15) is 0 Å². The Morgan fingerprint density at radius 2 is 2.05 bits per heavy atom. The van der Waals surface area contributed by atoms with E-state index in [4.69, 9.17) is 4.74 Å². The van der Waals surface area contributed by atoms with E-state index in [1.54, 1.807) is 7.05 Å². The van der Waals surface area contributed by atoms with Crippen molar-refractivity contribution >= 4 is 5.91 Å². The third-order valence-electron chi connectivity index (χ3n) is 3.18. The van der Waals surface area contributed by atoms with Gasteiger partial charge >= 0.3 is 0 Å². The van der Waals surface area contributed by atoms with Crippen LogP contribution in [0.1, 0.15) is 24.8 Å². The molecule has 1 aromatic carbocycles. The summed E-state index contributed by atoms with van der Waals surface area (Å²) in [4.78, 5) is 11.7. The standard InChI is InChI=1S/C14H18F2N2O2/c1-17-8-9-6-10(15)13(11(16)7-9)20-12-4-2-3-5-18-14(12)19/h6-7,12,17H,2-5,8H2,1H3,(H,18,19). The zero-order valence-electron chi connectivity index (χ0n) is 11.3. The number of carbonyl (C=O) groups excluding carboxylic acids is 1. The van der Waals surface area contributed by atoms with E-state index in [1.165, 1.54) is 12.1 Å². The van der Waals surface area contributed by atoms with Crippen LogP contribution in [0.4, 0.5) is 8.78 Å². The molecule has 1 fully saturated rings. The summed E-state index contributed by atoms with van der Waals surface area (Å²) in [7, 11) is 1.69. The first-order chi connectivity index (χ1) is 9.61. The van der Waals surface area contributed by atoms with Gasteiger partial charge in [0.05, 0.1) is 0 Å². The SMILES string of the molecule is CNCc1cc(F)c(OC2CCCCNC2=O)c(F)c1. The van der Waals surface area contributed by atoms with E-state index < -0.39 is 23.5 Å². The van der Waals surface area contributed by atoms with Gasteiger partial charge < -0.3 is 15.4 Å². The lowest BCUT2D eigenvalue weighted by Crippen LogP contribution is -2.36. The number of amides is 1. The summed E-state index contributed by atoms with van der Waals surface area (Å²) in [5.74, 6) is -2.37. The van der Waals surface area contributed by atoms with Gasteiger partial charge in [0.15, 0.2) is 23.5 Å². The summed E-state index contributed by atoms with van der Waals surface area (Å²) in [5, 5.41) is 5.48. The van der Waals surface area contributed by atoms with Gasteiger partial charge in [-0.2, -0.15) is 0 Å². The second-order valence-electron chi connectivity index (χ2n) is 4.81. The number of benzene rings is 1. The number of carbonyl (C=O) groups is 1. The Morgan fingerprint density at radius 1 is 1.35 bits per heavy atom. The van der Waals surface area contributed by atoms with Gasteiger partial charge in [-0.1, -0.05) is 0 Å². The largest absolute Gasteiger partial charge is 0.474 e. The van der Waals surface area contributed by atoms with E-state index in [9.17, 15) is 13.6 Å². The fourth-order valence-corrected chi connectivity index (χ4v) is 2.20. The molecule has 1 unspecified atom stereocenters. The maximum Gasteiger partial charge on any atom is 0.261 e. The zero-order valence-corrected chi connectivity index (χ0v) is 11.3. The van der Waals surface area contributed by atoms with E-state index in [0.717, 1.165) is 12.8 Å². The maximum absolute atomic E-state index is 13.9. The highest BCUT2D eigenvalue weighted by atomic mass is 19.1. The Bertz CT molecular complexity index is 471. The first kappa shape index (κ1) is 14.7. The number of hydrogen-bond acceptors (Lipinski definition) is 3. The molecule has 1 aliphatic rings. The highest BCUT2D eigenvalue weighted by molar-refractivity contribution is 5.81. The maximum atomic E-state index is 13.9. The van der Waals surface area contributed by atoms with Crippen LogP contribution in [0.3, 0.4) is 0 Å². The number of halogens is 2. The molecule has 6 heteroatoms. The molecule has 1 heterocycles. The Balaban J connectivity index is 2.17. The predicted octanol–water partition coefficient (Wildman–Crippen LogP) is 1.73. The van der Waals surface area contributed by atoms with Crippen molar-refractivity contribution in [3.8, 4) is 5.75 Å². The number of rotatable bonds is 4. The van der Waals surface area contributed by atoms with Crippen molar-refractivity contribution < 1.29 is 18.3 Å². The highest BCUT2D eigenvalue weighted by Crippen LogP contribution is 2.26. The topological polar surface area (TPSA) is 50.4 Å². The van der Waals surface area contributed by atoms with Crippen molar-refractivity contribution in [3.63, 3.8) is 0 Å². The van der Waals surface area contributed by atoms with Crippen molar-refractivity contribution in [2.75, 3.05) is 13.6 Å². The van der Waals surface area contributed by atoms with Crippen molar-refractivity contribution in [1.82, 2.24) is 10.6 Å². The molecule has 0 aromatic heterocycles. The Morgan fingerprint density at radius 3 is 2.70 bits per heavy atom. The normalized spacial score (nSPS) is 19.4. The predicted molar refractivity (Wildman–Crippen MR) is 70.4 cm³/mol. The zero-order chi connectivity index (χ0) is 14.5. The summed E-state index contributed by atoms with van der Waals surface area (Å²) in [6.45, 7) is 0.933. The fourth-order valence-electron chi connectivity index (χ4n) is 2.20. The van der Waals surface area contributed by atoms with Crippen LogP contribution in [0.5, 0.6) is 5.75 Å². The van der Waals surface area contributed by atoms with Gasteiger partial charge in [0.2, 0.25) is 0 Å². The first-order valence-corrected chi connectivity index (χ1v) is 6.68. The lowest BCUT2D eigenvalue weighted by Gasteiger charge is -2.17. The highest BCUT2D eigenvalue weighted by Gasteiger charge is 2.25. The molecule has 0 spiro atoms. The second kappa shape index (κ2) is 6.65. The van der Waals surface area contributed by atoms with Gasteiger partial charge in [0.25, 0.3) is 5.91 Å². The Kier molecular flexibility index (Phi) is 4.89. The summed E-state index contributed by atoms with van der Waals surface area (Å²) >= 11 is 0. The molecular formula is C14H18F2N2O2. The summed E-state index contributed by atoms with van der Waals surface area (Å²) < 4.78 is 33.0. The van der Waals surface area contributed by atoms with E-state index in [2.05, 4.69) is 10.6 Å². The minimum absolute atomic E-state index is 0.319. The van der Waals surface area contributed by atoms with Gasteiger partial charge in [-0.3, -0.25) is 4.79 Å². The molecule has 0 bridgehead atoms. The number of nitrogens with one attached hydrogen (secondary N) is 2. The van der Waals surface area contributed by atoms with Gasteiger partial charge in [-0.05, 0) is 44.0 Å². The molecule has 0 aliphatic carbocycles. The molecule has 1 aliphatic heterocycles.